The van der Waals surface area contributed by atoms with Crippen LogP contribution in [0.25, 0.3) is 0 Å². The Labute approximate surface area is 163 Å². The van der Waals surface area contributed by atoms with Gasteiger partial charge in [0, 0.05) is 19.1 Å². The van der Waals surface area contributed by atoms with E-state index in [1.165, 1.54) is 6.07 Å². The maximum absolute atomic E-state index is 12.4. The molecule has 1 aliphatic rings. The third-order valence-corrected chi connectivity index (χ3v) is 4.75. The van der Waals surface area contributed by atoms with Gasteiger partial charge in [-0.25, -0.2) is 0 Å². The molecule has 0 radical (unpaired) electrons. The van der Waals surface area contributed by atoms with E-state index in [4.69, 9.17) is 9.47 Å². The van der Waals surface area contributed by atoms with Gasteiger partial charge < -0.3 is 24.8 Å². The van der Waals surface area contributed by atoms with Crippen molar-refractivity contribution >= 4 is 11.8 Å². The fourth-order valence-electron chi connectivity index (χ4n) is 3.17. The van der Waals surface area contributed by atoms with Crippen LogP contribution < -0.4 is 14.8 Å². The summed E-state index contributed by atoms with van der Waals surface area (Å²) >= 11 is 0. The first kappa shape index (κ1) is 19.5. The number of para-hydroxylation sites is 3. The average Bonchev–Trinajstić information content (AvgIpc) is 2.73. The third kappa shape index (κ3) is 4.73. The number of nitrogens with one attached hydrogen (secondary N) is 1. The molecule has 1 fully saturated rings. The Bertz CT molecular complexity index is 831. The van der Waals surface area contributed by atoms with Crippen LogP contribution in [-0.2, 0) is 4.79 Å². The number of hydrogen-bond donors (Lipinski definition) is 2. The molecule has 0 bridgehead atoms. The maximum atomic E-state index is 12.4. The number of rotatable bonds is 6. The van der Waals surface area contributed by atoms with E-state index in [9.17, 15) is 14.7 Å². The van der Waals surface area contributed by atoms with Crippen molar-refractivity contribution in [3.63, 3.8) is 0 Å². The number of phenols is 1. The van der Waals surface area contributed by atoms with E-state index in [1.54, 1.807) is 42.3 Å². The number of nitrogens with zero attached hydrogens (tertiary/aromatic N) is 1. The number of aromatic hydroxyl groups is 1. The highest BCUT2D eigenvalue weighted by atomic mass is 16.5. The molecule has 1 aliphatic heterocycles. The minimum Gasteiger partial charge on any atom is -0.507 e. The van der Waals surface area contributed by atoms with Crippen LogP contribution in [0.15, 0.2) is 48.5 Å². The minimum absolute atomic E-state index is 0.0358. The number of hydrogen-bond acceptors (Lipinski definition) is 5. The second-order valence-corrected chi connectivity index (χ2v) is 6.59. The second kappa shape index (κ2) is 9.12. The van der Waals surface area contributed by atoms with Crippen molar-refractivity contribution in [1.29, 1.82) is 0 Å². The number of benzene rings is 2. The highest BCUT2D eigenvalue weighted by molar-refractivity contribution is 5.96. The molecule has 2 amide bonds. The number of carbonyl (C=O) groups excluding carboxylic acids is 2. The molecule has 28 heavy (non-hydrogen) atoms. The van der Waals surface area contributed by atoms with Crippen LogP contribution in [0.3, 0.4) is 0 Å². The SMILES string of the molecule is COc1ccccc1OCC(=O)N1CCC(NC(=O)c2ccccc2O)CC1. The van der Waals surface area contributed by atoms with Crippen LogP contribution >= 0.6 is 0 Å². The first-order valence-electron chi connectivity index (χ1n) is 9.21. The molecule has 0 spiro atoms. The Balaban J connectivity index is 1.46. The molecule has 2 aromatic rings. The summed E-state index contributed by atoms with van der Waals surface area (Å²) in [6.07, 6.45) is 1.31. The van der Waals surface area contributed by atoms with Gasteiger partial charge in [-0.05, 0) is 37.1 Å². The number of piperidine rings is 1. The molecule has 0 saturated carbocycles. The lowest BCUT2D eigenvalue weighted by molar-refractivity contribution is -0.134. The largest absolute Gasteiger partial charge is 0.507 e. The lowest BCUT2D eigenvalue weighted by Gasteiger charge is -2.32. The molecule has 0 aliphatic carbocycles. The summed E-state index contributed by atoms with van der Waals surface area (Å²) in [5, 5.41) is 12.7. The normalized spacial score (nSPS) is 14.4. The van der Waals surface area contributed by atoms with E-state index in [-0.39, 0.29) is 35.8 Å². The molecule has 2 N–H and O–H groups in total. The van der Waals surface area contributed by atoms with Crippen molar-refractivity contribution in [3.8, 4) is 17.2 Å². The van der Waals surface area contributed by atoms with Crippen molar-refractivity contribution in [2.24, 2.45) is 0 Å². The van der Waals surface area contributed by atoms with Gasteiger partial charge in [-0.1, -0.05) is 24.3 Å². The monoisotopic (exact) mass is 384 g/mol. The summed E-state index contributed by atoms with van der Waals surface area (Å²) < 4.78 is 10.8. The smallest absolute Gasteiger partial charge is 0.260 e. The van der Waals surface area contributed by atoms with E-state index in [0.717, 1.165) is 0 Å². The van der Waals surface area contributed by atoms with Crippen LogP contribution in [0.5, 0.6) is 17.2 Å². The topological polar surface area (TPSA) is 88.1 Å². The molecule has 2 aromatic carbocycles. The number of methoxy groups -OCH3 is 1. The number of ether oxygens (including phenoxy) is 2. The molecule has 148 valence electrons. The van der Waals surface area contributed by atoms with Gasteiger partial charge in [0.05, 0.1) is 12.7 Å². The Morgan fingerprint density at radius 3 is 2.39 bits per heavy atom. The summed E-state index contributed by atoms with van der Waals surface area (Å²) in [5.74, 6) is 0.670. The zero-order chi connectivity index (χ0) is 19.9. The van der Waals surface area contributed by atoms with Crippen LogP contribution in [0.1, 0.15) is 23.2 Å². The van der Waals surface area contributed by atoms with Crippen LogP contribution in [0.4, 0.5) is 0 Å². The van der Waals surface area contributed by atoms with E-state index < -0.39 is 0 Å². The molecule has 0 atom stereocenters. The summed E-state index contributed by atoms with van der Waals surface area (Å²) in [6, 6.07) is 13.6. The van der Waals surface area contributed by atoms with Gasteiger partial charge in [-0.3, -0.25) is 9.59 Å². The first-order valence-corrected chi connectivity index (χ1v) is 9.21. The maximum Gasteiger partial charge on any atom is 0.260 e. The van der Waals surface area contributed by atoms with Gasteiger partial charge in [-0.2, -0.15) is 0 Å². The van der Waals surface area contributed by atoms with Crippen LogP contribution in [-0.4, -0.2) is 54.7 Å². The van der Waals surface area contributed by atoms with Gasteiger partial charge in [0.25, 0.3) is 11.8 Å². The van der Waals surface area contributed by atoms with Crippen molar-refractivity contribution in [1.82, 2.24) is 10.2 Å². The Morgan fingerprint density at radius 1 is 1.07 bits per heavy atom. The number of phenolic OH excluding ortho intramolecular Hbond substituents is 1. The molecule has 0 aromatic heterocycles. The van der Waals surface area contributed by atoms with Crippen molar-refractivity contribution in [3.05, 3.63) is 54.1 Å². The zero-order valence-corrected chi connectivity index (χ0v) is 15.8. The van der Waals surface area contributed by atoms with E-state index in [0.29, 0.717) is 37.4 Å². The molecule has 0 unspecified atom stereocenters. The van der Waals surface area contributed by atoms with Gasteiger partial charge in [0.15, 0.2) is 18.1 Å². The minimum atomic E-state index is -0.303. The standard InChI is InChI=1S/C21H24N2O5/c1-27-18-8-4-5-9-19(18)28-14-20(25)23-12-10-15(11-13-23)22-21(26)16-6-2-3-7-17(16)24/h2-9,15,24H,10-14H2,1H3,(H,22,26). The van der Waals surface area contributed by atoms with Gasteiger partial charge in [0.2, 0.25) is 0 Å². The Morgan fingerprint density at radius 2 is 1.71 bits per heavy atom. The Hall–Kier alpha value is -3.22. The number of likely N-dealkylation sites (tertiary alicyclic amines) is 1. The van der Waals surface area contributed by atoms with Gasteiger partial charge in [0.1, 0.15) is 5.75 Å². The fourth-order valence-corrected chi connectivity index (χ4v) is 3.17. The summed E-state index contributed by atoms with van der Waals surface area (Å²) in [5.41, 5.74) is 0.256. The predicted octanol–water partition coefficient (Wildman–Crippen LogP) is 2.20. The van der Waals surface area contributed by atoms with Crippen LogP contribution in [0.2, 0.25) is 0 Å². The van der Waals surface area contributed by atoms with E-state index in [2.05, 4.69) is 5.32 Å². The average molecular weight is 384 g/mol. The third-order valence-electron chi connectivity index (χ3n) is 4.75. The lowest BCUT2D eigenvalue weighted by Crippen LogP contribution is -2.47. The predicted molar refractivity (Wildman–Crippen MR) is 104 cm³/mol. The second-order valence-electron chi connectivity index (χ2n) is 6.59. The first-order chi connectivity index (χ1) is 13.6. The summed E-state index contributed by atoms with van der Waals surface area (Å²) in [6.45, 7) is 1.02. The number of carbonyl (C=O) groups is 2. The zero-order valence-electron chi connectivity index (χ0n) is 15.8. The molecule has 1 heterocycles. The summed E-state index contributed by atoms with van der Waals surface area (Å²) in [4.78, 5) is 26.4. The van der Waals surface area contributed by atoms with Crippen molar-refractivity contribution in [2.45, 2.75) is 18.9 Å². The molecule has 1 saturated heterocycles. The van der Waals surface area contributed by atoms with E-state index >= 15 is 0 Å². The summed E-state index contributed by atoms with van der Waals surface area (Å²) in [7, 11) is 1.55. The quantitative estimate of drug-likeness (QED) is 0.797. The van der Waals surface area contributed by atoms with Gasteiger partial charge >= 0.3 is 0 Å². The lowest BCUT2D eigenvalue weighted by atomic mass is 10.0. The van der Waals surface area contributed by atoms with Gasteiger partial charge in [-0.15, -0.1) is 0 Å². The molecule has 3 rings (SSSR count). The molecular formula is C21H24N2O5. The molecule has 7 nitrogen and oxygen atoms in total. The molecular weight excluding hydrogens is 360 g/mol. The molecule has 7 heteroatoms. The highest BCUT2D eigenvalue weighted by Crippen LogP contribution is 2.25. The van der Waals surface area contributed by atoms with Crippen molar-refractivity contribution in [2.75, 3.05) is 26.8 Å². The Kier molecular flexibility index (Phi) is 6.37. The van der Waals surface area contributed by atoms with Crippen molar-refractivity contribution < 1.29 is 24.2 Å². The fraction of sp³-hybridized carbons (Fsp3) is 0.333. The highest BCUT2D eigenvalue weighted by Gasteiger charge is 2.25. The van der Waals surface area contributed by atoms with Crippen LogP contribution in [0, 0.1) is 0 Å². The van der Waals surface area contributed by atoms with E-state index in [1.807, 2.05) is 12.1 Å². The number of amides is 2.